The van der Waals surface area contributed by atoms with Crippen molar-refractivity contribution in [1.82, 2.24) is 25.0 Å². The molecule has 4 rings (SSSR count). The number of aryl methyl sites for hydroxylation is 2. The van der Waals surface area contributed by atoms with Crippen LogP contribution in [0, 0.1) is 6.92 Å². The third-order valence-electron chi connectivity index (χ3n) is 5.35. The van der Waals surface area contributed by atoms with E-state index in [1.165, 1.54) is 0 Å². The first-order chi connectivity index (χ1) is 14.9. The number of hydrogen-bond acceptors (Lipinski definition) is 7. The second-order valence-electron chi connectivity index (χ2n) is 7.85. The SMILES string of the molecule is Cc1noc(CCC(=O)N2CCC[C@H]2c2nc(N(C)C)ncc2-c2cccc(Cl)c2)n1. The molecule has 1 aliphatic heterocycles. The van der Waals surface area contributed by atoms with Gasteiger partial charge in [0, 0.05) is 50.3 Å². The molecule has 1 aliphatic rings. The summed E-state index contributed by atoms with van der Waals surface area (Å²) in [7, 11) is 3.81. The smallest absolute Gasteiger partial charge is 0.227 e. The minimum Gasteiger partial charge on any atom is -0.347 e. The molecule has 0 N–H and O–H groups in total. The van der Waals surface area contributed by atoms with Crippen LogP contribution in [0.15, 0.2) is 35.0 Å². The average molecular weight is 441 g/mol. The minimum absolute atomic E-state index is 0.0559. The molecule has 1 atom stereocenters. The lowest BCUT2D eigenvalue weighted by atomic mass is 9.99. The van der Waals surface area contributed by atoms with Crippen LogP contribution in [0.25, 0.3) is 11.1 Å². The fourth-order valence-electron chi connectivity index (χ4n) is 3.88. The van der Waals surface area contributed by atoms with E-state index in [1.54, 1.807) is 6.92 Å². The lowest BCUT2D eigenvalue weighted by Gasteiger charge is -2.27. The van der Waals surface area contributed by atoms with Crippen molar-refractivity contribution in [2.45, 2.75) is 38.6 Å². The zero-order valence-electron chi connectivity index (χ0n) is 17.9. The molecule has 1 saturated heterocycles. The molecule has 0 radical (unpaired) electrons. The van der Waals surface area contributed by atoms with Gasteiger partial charge >= 0.3 is 0 Å². The fraction of sp³-hybridized carbons (Fsp3) is 0.409. The van der Waals surface area contributed by atoms with Crippen LogP contribution in [-0.2, 0) is 11.2 Å². The molecule has 0 bridgehead atoms. The number of benzene rings is 1. The van der Waals surface area contributed by atoms with Crippen molar-refractivity contribution in [1.29, 1.82) is 0 Å². The summed E-state index contributed by atoms with van der Waals surface area (Å²) in [5.41, 5.74) is 2.68. The Labute approximate surface area is 186 Å². The molecule has 31 heavy (non-hydrogen) atoms. The number of hydrogen-bond donors (Lipinski definition) is 0. The van der Waals surface area contributed by atoms with Crippen LogP contribution in [0.4, 0.5) is 5.95 Å². The molecule has 9 heteroatoms. The van der Waals surface area contributed by atoms with Gasteiger partial charge in [-0.25, -0.2) is 9.97 Å². The van der Waals surface area contributed by atoms with Gasteiger partial charge < -0.3 is 14.3 Å². The zero-order valence-corrected chi connectivity index (χ0v) is 18.6. The molecule has 1 fully saturated rings. The van der Waals surface area contributed by atoms with Crippen LogP contribution >= 0.6 is 11.6 Å². The number of carbonyl (C=O) groups is 1. The van der Waals surface area contributed by atoms with E-state index in [1.807, 2.05) is 54.4 Å². The monoisotopic (exact) mass is 440 g/mol. The van der Waals surface area contributed by atoms with Gasteiger partial charge in [-0.1, -0.05) is 28.9 Å². The Hall–Kier alpha value is -3.00. The summed E-state index contributed by atoms with van der Waals surface area (Å²) in [6.07, 6.45) is 4.34. The summed E-state index contributed by atoms with van der Waals surface area (Å²) in [6, 6.07) is 7.52. The number of carbonyl (C=O) groups excluding carboxylic acids is 1. The molecule has 3 aromatic rings. The summed E-state index contributed by atoms with van der Waals surface area (Å²) in [5, 5.41) is 4.44. The van der Waals surface area contributed by atoms with Crippen LogP contribution in [0.1, 0.15) is 42.7 Å². The molecule has 1 amide bonds. The number of halogens is 1. The molecule has 3 heterocycles. The molecule has 1 aromatic carbocycles. The quantitative estimate of drug-likeness (QED) is 0.575. The highest BCUT2D eigenvalue weighted by Gasteiger charge is 2.33. The van der Waals surface area contributed by atoms with Crippen molar-refractivity contribution in [3.63, 3.8) is 0 Å². The Morgan fingerprint density at radius 1 is 1.32 bits per heavy atom. The van der Waals surface area contributed by atoms with Gasteiger partial charge in [-0.3, -0.25) is 4.79 Å². The molecule has 0 aliphatic carbocycles. The van der Waals surface area contributed by atoms with E-state index in [2.05, 4.69) is 15.1 Å². The average Bonchev–Trinajstić information content (AvgIpc) is 3.40. The molecule has 0 spiro atoms. The molecule has 2 aromatic heterocycles. The Bertz CT molecular complexity index is 1080. The van der Waals surface area contributed by atoms with Gasteiger partial charge in [0.15, 0.2) is 5.82 Å². The predicted octanol–water partition coefficient (Wildman–Crippen LogP) is 3.85. The first-order valence-electron chi connectivity index (χ1n) is 10.3. The Morgan fingerprint density at radius 3 is 2.87 bits per heavy atom. The molecular formula is C22H25ClN6O2. The van der Waals surface area contributed by atoms with Gasteiger partial charge in [0.05, 0.1) is 11.7 Å². The van der Waals surface area contributed by atoms with Crippen LogP contribution in [-0.4, -0.2) is 51.6 Å². The minimum atomic E-state index is -0.118. The number of aromatic nitrogens is 4. The van der Waals surface area contributed by atoms with Crippen molar-refractivity contribution in [3.8, 4) is 11.1 Å². The topological polar surface area (TPSA) is 88.3 Å². The number of nitrogens with zero attached hydrogens (tertiary/aromatic N) is 6. The van der Waals surface area contributed by atoms with Gasteiger partial charge in [0.25, 0.3) is 0 Å². The van der Waals surface area contributed by atoms with Crippen molar-refractivity contribution < 1.29 is 9.32 Å². The van der Waals surface area contributed by atoms with E-state index in [-0.39, 0.29) is 11.9 Å². The largest absolute Gasteiger partial charge is 0.347 e. The van der Waals surface area contributed by atoms with Gasteiger partial charge in [0.1, 0.15) is 0 Å². The van der Waals surface area contributed by atoms with Gasteiger partial charge in [-0.2, -0.15) is 4.98 Å². The van der Waals surface area contributed by atoms with Crippen molar-refractivity contribution >= 4 is 23.5 Å². The first kappa shape index (κ1) is 21.2. The predicted molar refractivity (Wildman–Crippen MR) is 118 cm³/mol. The van der Waals surface area contributed by atoms with E-state index in [4.69, 9.17) is 21.1 Å². The standard InChI is InChI=1S/C22H25ClN6O2/c1-14-25-19(31-27-14)9-10-20(30)29-11-5-8-18(29)21-17(13-24-22(26-21)28(2)3)15-6-4-7-16(23)12-15/h4,6-7,12-13,18H,5,8-11H2,1-3H3/t18-/m0/s1. The molecule has 0 saturated carbocycles. The number of amides is 1. The van der Waals surface area contributed by atoms with E-state index >= 15 is 0 Å². The number of anilines is 1. The molecule has 8 nitrogen and oxygen atoms in total. The summed E-state index contributed by atoms with van der Waals surface area (Å²) < 4.78 is 5.15. The van der Waals surface area contributed by atoms with E-state index in [0.29, 0.717) is 42.1 Å². The maximum Gasteiger partial charge on any atom is 0.227 e. The summed E-state index contributed by atoms with van der Waals surface area (Å²) >= 11 is 6.24. The van der Waals surface area contributed by atoms with Crippen molar-refractivity contribution in [3.05, 3.63) is 52.9 Å². The van der Waals surface area contributed by atoms with Crippen LogP contribution in [0.5, 0.6) is 0 Å². The lowest BCUT2D eigenvalue weighted by Crippen LogP contribution is -2.32. The normalized spacial score (nSPS) is 16.0. The van der Waals surface area contributed by atoms with Crippen LogP contribution in [0.2, 0.25) is 5.02 Å². The molecular weight excluding hydrogens is 416 g/mol. The third kappa shape index (κ3) is 4.69. The van der Waals surface area contributed by atoms with E-state index in [9.17, 15) is 4.79 Å². The van der Waals surface area contributed by atoms with E-state index in [0.717, 1.165) is 29.7 Å². The highest BCUT2D eigenvalue weighted by atomic mass is 35.5. The first-order valence-corrected chi connectivity index (χ1v) is 10.7. The van der Waals surface area contributed by atoms with Crippen LogP contribution < -0.4 is 4.90 Å². The Balaban J connectivity index is 1.64. The summed E-state index contributed by atoms with van der Waals surface area (Å²) in [5.74, 6) is 1.73. The van der Waals surface area contributed by atoms with E-state index < -0.39 is 0 Å². The second-order valence-corrected chi connectivity index (χ2v) is 8.29. The summed E-state index contributed by atoms with van der Waals surface area (Å²) in [6.45, 7) is 2.46. The maximum atomic E-state index is 13.1. The van der Waals surface area contributed by atoms with Gasteiger partial charge in [-0.05, 0) is 37.5 Å². The lowest BCUT2D eigenvalue weighted by molar-refractivity contribution is -0.132. The third-order valence-corrected chi connectivity index (χ3v) is 5.59. The van der Waals surface area contributed by atoms with Crippen molar-refractivity contribution in [2.24, 2.45) is 0 Å². The number of rotatable bonds is 6. The zero-order chi connectivity index (χ0) is 22.0. The fourth-order valence-corrected chi connectivity index (χ4v) is 4.07. The van der Waals surface area contributed by atoms with Crippen molar-refractivity contribution in [2.75, 3.05) is 25.5 Å². The molecule has 162 valence electrons. The maximum absolute atomic E-state index is 13.1. The second kappa shape index (κ2) is 9.01. The molecule has 0 unspecified atom stereocenters. The Kier molecular flexibility index (Phi) is 6.18. The Morgan fingerprint density at radius 2 is 2.16 bits per heavy atom. The van der Waals surface area contributed by atoms with Gasteiger partial charge in [0.2, 0.25) is 17.7 Å². The highest BCUT2D eigenvalue weighted by Crippen LogP contribution is 2.38. The summed E-state index contributed by atoms with van der Waals surface area (Å²) in [4.78, 5) is 30.4. The van der Waals surface area contributed by atoms with Gasteiger partial charge in [-0.15, -0.1) is 0 Å². The highest BCUT2D eigenvalue weighted by molar-refractivity contribution is 6.30. The van der Waals surface area contributed by atoms with Crippen LogP contribution in [0.3, 0.4) is 0 Å². The number of likely N-dealkylation sites (tertiary alicyclic amines) is 1.